The molecule has 1 aliphatic heterocycles. The maximum Gasteiger partial charge on any atom is 0.306 e. The standard InChI is InChI=1S/C29H46O7/c1-13(2)15-8-21(36-23(33)9-15)14(3)18-12-20(31)25-24-17(6-7-28(18,25)4)29(5)19(26(34)27(24)35)10-16(30)11-22(29)32/h13-19,21-22,24-27,30,32,34-35H,6-12H2,1-5H3. The van der Waals surface area contributed by atoms with E-state index in [2.05, 4.69) is 27.7 Å². The molecular formula is C29H46O7. The summed E-state index contributed by atoms with van der Waals surface area (Å²) in [4.78, 5) is 26.2. The van der Waals surface area contributed by atoms with Crippen molar-refractivity contribution in [3.8, 4) is 0 Å². The molecule has 0 aromatic heterocycles. The first kappa shape index (κ1) is 26.6. The van der Waals surface area contributed by atoms with Crippen LogP contribution in [0.3, 0.4) is 0 Å². The summed E-state index contributed by atoms with van der Waals surface area (Å²) in [7, 11) is 0. The van der Waals surface area contributed by atoms with Crippen molar-refractivity contribution in [3.63, 3.8) is 0 Å². The van der Waals surface area contributed by atoms with E-state index < -0.39 is 47.6 Å². The van der Waals surface area contributed by atoms with Crippen LogP contribution in [0.4, 0.5) is 0 Å². The quantitative estimate of drug-likeness (QED) is 0.434. The number of ketones is 1. The zero-order valence-corrected chi connectivity index (χ0v) is 22.5. The Kier molecular flexibility index (Phi) is 6.67. The highest BCUT2D eigenvalue weighted by Gasteiger charge is 2.69. The largest absolute Gasteiger partial charge is 0.462 e. The van der Waals surface area contributed by atoms with Gasteiger partial charge in [0.15, 0.2) is 0 Å². The van der Waals surface area contributed by atoms with Crippen LogP contribution in [-0.4, -0.2) is 62.7 Å². The zero-order chi connectivity index (χ0) is 26.3. The van der Waals surface area contributed by atoms with Gasteiger partial charge in [0, 0.05) is 30.1 Å². The molecule has 7 nitrogen and oxygen atoms in total. The van der Waals surface area contributed by atoms with Crippen LogP contribution >= 0.6 is 0 Å². The predicted molar refractivity (Wildman–Crippen MR) is 132 cm³/mol. The van der Waals surface area contributed by atoms with Crippen LogP contribution < -0.4 is 0 Å². The van der Waals surface area contributed by atoms with Gasteiger partial charge in [-0.15, -0.1) is 0 Å². The van der Waals surface area contributed by atoms with Gasteiger partial charge in [0.1, 0.15) is 11.9 Å². The molecule has 0 radical (unpaired) electrons. The summed E-state index contributed by atoms with van der Waals surface area (Å²) in [5, 5.41) is 44.2. The second-order valence-corrected chi connectivity index (χ2v) is 13.9. The lowest BCUT2D eigenvalue weighted by Gasteiger charge is -2.64. The molecule has 204 valence electrons. The smallest absolute Gasteiger partial charge is 0.306 e. The second kappa shape index (κ2) is 9.03. The van der Waals surface area contributed by atoms with Crippen molar-refractivity contribution in [2.75, 3.05) is 0 Å². The highest BCUT2D eigenvalue weighted by molar-refractivity contribution is 5.85. The number of hydrogen-bond donors (Lipinski definition) is 4. The maximum absolute atomic E-state index is 13.8. The third-order valence-corrected chi connectivity index (χ3v) is 12.1. The van der Waals surface area contributed by atoms with Gasteiger partial charge in [-0.2, -0.15) is 0 Å². The number of carbonyl (C=O) groups excluding carboxylic acids is 2. The predicted octanol–water partition coefficient (Wildman–Crippen LogP) is 2.71. The third-order valence-electron chi connectivity index (χ3n) is 12.1. The lowest BCUT2D eigenvalue weighted by atomic mass is 9.42. The van der Waals surface area contributed by atoms with Crippen LogP contribution in [0.5, 0.6) is 0 Å². The first-order chi connectivity index (χ1) is 16.8. The molecule has 36 heavy (non-hydrogen) atoms. The molecule has 5 rings (SSSR count). The Hall–Kier alpha value is -1.02. The van der Waals surface area contributed by atoms with E-state index in [1.807, 2.05) is 6.92 Å². The number of esters is 1. The number of Topliss-reactive ketones (excluding diaryl/α,β-unsaturated/α-hetero) is 1. The highest BCUT2D eigenvalue weighted by atomic mass is 16.5. The van der Waals surface area contributed by atoms with Gasteiger partial charge in [0.05, 0.1) is 24.4 Å². The maximum atomic E-state index is 13.8. The molecule has 0 amide bonds. The van der Waals surface area contributed by atoms with Gasteiger partial charge >= 0.3 is 5.97 Å². The molecule has 4 N–H and O–H groups in total. The van der Waals surface area contributed by atoms with Gasteiger partial charge in [-0.1, -0.05) is 34.6 Å². The van der Waals surface area contributed by atoms with E-state index in [1.165, 1.54) is 0 Å². The average Bonchev–Trinajstić information content (AvgIpc) is 3.08. The molecule has 5 fully saturated rings. The van der Waals surface area contributed by atoms with Crippen molar-refractivity contribution in [1.29, 1.82) is 0 Å². The molecule has 4 saturated carbocycles. The van der Waals surface area contributed by atoms with Gasteiger partial charge in [0.25, 0.3) is 0 Å². The summed E-state index contributed by atoms with van der Waals surface area (Å²) >= 11 is 0. The average molecular weight is 507 g/mol. The van der Waals surface area contributed by atoms with Gasteiger partial charge in [0.2, 0.25) is 0 Å². The fraction of sp³-hybridized carbons (Fsp3) is 0.931. The Morgan fingerprint density at radius 3 is 2.28 bits per heavy atom. The van der Waals surface area contributed by atoms with E-state index >= 15 is 0 Å². The van der Waals surface area contributed by atoms with Crippen molar-refractivity contribution >= 4 is 11.8 Å². The van der Waals surface area contributed by atoms with E-state index in [4.69, 9.17) is 4.74 Å². The number of aliphatic hydroxyl groups is 4. The molecule has 0 spiro atoms. The van der Waals surface area contributed by atoms with Crippen LogP contribution in [0.2, 0.25) is 0 Å². The second-order valence-electron chi connectivity index (χ2n) is 13.9. The van der Waals surface area contributed by atoms with E-state index in [0.29, 0.717) is 25.2 Å². The van der Waals surface area contributed by atoms with Gasteiger partial charge < -0.3 is 25.2 Å². The van der Waals surface area contributed by atoms with Gasteiger partial charge in [-0.05, 0) is 73.0 Å². The number of hydrogen-bond acceptors (Lipinski definition) is 7. The summed E-state index contributed by atoms with van der Waals surface area (Å²) in [5.41, 5.74) is -1.02. The molecule has 5 aliphatic rings. The first-order valence-corrected chi connectivity index (χ1v) is 14.2. The van der Waals surface area contributed by atoms with Crippen molar-refractivity contribution in [2.24, 2.45) is 58.2 Å². The van der Waals surface area contributed by atoms with Gasteiger partial charge in [-0.3, -0.25) is 9.59 Å². The Balaban J connectivity index is 1.45. The molecular weight excluding hydrogens is 460 g/mol. The van der Waals surface area contributed by atoms with E-state index in [9.17, 15) is 30.0 Å². The van der Waals surface area contributed by atoms with Gasteiger partial charge in [-0.25, -0.2) is 0 Å². The lowest BCUT2D eigenvalue weighted by molar-refractivity contribution is -0.250. The minimum atomic E-state index is -1.08. The molecule has 4 aliphatic carbocycles. The summed E-state index contributed by atoms with van der Waals surface area (Å²) in [6, 6.07) is 0. The fourth-order valence-electron chi connectivity index (χ4n) is 9.86. The summed E-state index contributed by atoms with van der Waals surface area (Å²) < 4.78 is 5.86. The Labute approximate surface area is 215 Å². The number of fused-ring (bicyclic) bond motifs is 5. The highest BCUT2D eigenvalue weighted by Crippen LogP contribution is 2.67. The number of carbonyl (C=O) groups is 2. The molecule has 1 heterocycles. The molecule has 0 aromatic carbocycles. The lowest BCUT2D eigenvalue weighted by Crippen LogP contribution is -2.68. The normalized spacial score (nSPS) is 53.9. The molecule has 1 saturated heterocycles. The van der Waals surface area contributed by atoms with Crippen molar-refractivity contribution in [3.05, 3.63) is 0 Å². The zero-order valence-electron chi connectivity index (χ0n) is 22.5. The number of cyclic esters (lactones) is 1. The minimum Gasteiger partial charge on any atom is -0.462 e. The Bertz CT molecular complexity index is 889. The van der Waals surface area contributed by atoms with Crippen LogP contribution in [0.15, 0.2) is 0 Å². The van der Waals surface area contributed by atoms with Crippen molar-refractivity contribution in [1.82, 2.24) is 0 Å². The topological polar surface area (TPSA) is 124 Å². The summed E-state index contributed by atoms with van der Waals surface area (Å²) in [6.45, 7) is 10.6. The first-order valence-electron chi connectivity index (χ1n) is 14.2. The van der Waals surface area contributed by atoms with Crippen LogP contribution in [0.25, 0.3) is 0 Å². The molecule has 0 aromatic rings. The summed E-state index contributed by atoms with van der Waals surface area (Å²) in [5.74, 6) is -0.611. The number of ether oxygens (including phenoxy) is 1. The SMILES string of the molecule is CC(C)C1CC(=O)OC(C(C)C2CC(=O)C3C4C(O)C(O)C5CC(O)CC(O)C5(C)C4CCC23C)C1. The Morgan fingerprint density at radius 2 is 1.61 bits per heavy atom. The number of rotatable bonds is 3. The molecule has 0 bridgehead atoms. The fourth-order valence-corrected chi connectivity index (χ4v) is 9.86. The Morgan fingerprint density at radius 1 is 0.917 bits per heavy atom. The number of aliphatic hydroxyl groups excluding tert-OH is 4. The van der Waals surface area contributed by atoms with Crippen LogP contribution in [0, 0.1) is 58.2 Å². The van der Waals surface area contributed by atoms with Crippen LogP contribution in [0.1, 0.15) is 79.6 Å². The summed E-state index contributed by atoms with van der Waals surface area (Å²) in [6.07, 6.45) is 0.00374. The molecule has 14 unspecified atom stereocenters. The van der Waals surface area contributed by atoms with Crippen molar-refractivity contribution in [2.45, 2.75) is 110 Å². The monoisotopic (exact) mass is 506 g/mol. The molecule has 7 heteroatoms. The van der Waals surface area contributed by atoms with Crippen molar-refractivity contribution < 1.29 is 34.8 Å². The van der Waals surface area contributed by atoms with E-state index in [1.54, 1.807) is 0 Å². The van der Waals surface area contributed by atoms with E-state index in [0.717, 1.165) is 19.3 Å². The minimum absolute atomic E-state index is 0.0235. The third kappa shape index (κ3) is 3.74. The van der Waals surface area contributed by atoms with E-state index in [-0.39, 0.29) is 53.4 Å². The molecule has 14 atom stereocenters. The van der Waals surface area contributed by atoms with Crippen LogP contribution in [-0.2, 0) is 14.3 Å².